The molecular formula is C18H23N7. The molecule has 130 valence electrons. The lowest BCUT2D eigenvalue weighted by molar-refractivity contribution is 0.470. The quantitative estimate of drug-likeness (QED) is 0.666. The third-order valence-corrected chi connectivity index (χ3v) is 5.03. The van der Waals surface area contributed by atoms with Gasteiger partial charge in [-0.1, -0.05) is 23.3 Å². The summed E-state index contributed by atoms with van der Waals surface area (Å²) in [7, 11) is 0. The number of para-hydroxylation sites is 1. The topological polar surface area (TPSA) is 83.5 Å². The number of nitrogens with one attached hydrogen (secondary N) is 3. The largest absolute Gasteiger partial charge is 0.361 e. The molecule has 0 saturated carbocycles. The Morgan fingerprint density at radius 1 is 1.32 bits per heavy atom. The lowest BCUT2D eigenvalue weighted by Gasteiger charge is -2.30. The van der Waals surface area contributed by atoms with E-state index in [9.17, 15) is 0 Å². The molecule has 3 N–H and O–H groups in total. The standard InChI is InChI=1S/C18H23N7/c1-11(17-12(2)21-18-22-23-24-25(18)13(17)3)19-9-8-14-10-20-16-7-5-4-6-15(14)16/h4-7,10-11,13,19-20H,8-9H2,1-3H3,(H,21,22,24)/t11-,13-/m1/s1. The van der Waals surface area contributed by atoms with Gasteiger partial charge in [0.05, 0.1) is 6.04 Å². The van der Waals surface area contributed by atoms with Gasteiger partial charge in [-0.15, -0.1) is 0 Å². The zero-order valence-electron chi connectivity index (χ0n) is 14.7. The average molecular weight is 337 g/mol. The zero-order valence-corrected chi connectivity index (χ0v) is 14.7. The minimum absolute atomic E-state index is 0.141. The monoisotopic (exact) mass is 337 g/mol. The van der Waals surface area contributed by atoms with Gasteiger partial charge in [0.15, 0.2) is 0 Å². The smallest absolute Gasteiger partial charge is 0.247 e. The molecule has 0 spiro atoms. The van der Waals surface area contributed by atoms with E-state index in [4.69, 9.17) is 0 Å². The highest BCUT2D eigenvalue weighted by atomic mass is 15.6. The van der Waals surface area contributed by atoms with E-state index in [2.05, 4.69) is 82.4 Å². The van der Waals surface area contributed by atoms with Crippen LogP contribution in [0.25, 0.3) is 10.9 Å². The fraction of sp³-hybridized carbons (Fsp3) is 0.389. The molecule has 0 radical (unpaired) electrons. The van der Waals surface area contributed by atoms with Gasteiger partial charge < -0.3 is 15.6 Å². The van der Waals surface area contributed by atoms with Crippen LogP contribution in [0.4, 0.5) is 5.95 Å². The van der Waals surface area contributed by atoms with Crippen LogP contribution >= 0.6 is 0 Å². The van der Waals surface area contributed by atoms with Crippen LogP contribution in [0.3, 0.4) is 0 Å². The molecule has 7 heteroatoms. The number of rotatable bonds is 5. The molecule has 2 atom stereocenters. The summed E-state index contributed by atoms with van der Waals surface area (Å²) in [5.41, 5.74) is 4.96. The third-order valence-electron chi connectivity index (χ3n) is 5.03. The molecular weight excluding hydrogens is 314 g/mol. The number of fused-ring (bicyclic) bond motifs is 2. The van der Waals surface area contributed by atoms with Gasteiger partial charge >= 0.3 is 0 Å². The Kier molecular flexibility index (Phi) is 4.01. The Hall–Kier alpha value is -2.67. The van der Waals surface area contributed by atoms with E-state index in [0.717, 1.165) is 18.7 Å². The highest BCUT2D eigenvalue weighted by molar-refractivity contribution is 5.83. The summed E-state index contributed by atoms with van der Waals surface area (Å²) in [6, 6.07) is 8.81. The number of hydrogen-bond acceptors (Lipinski definition) is 5. The van der Waals surface area contributed by atoms with E-state index in [0.29, 0.717) is 5.95 Å². The number of H-pyrrole nitrogens is 1. The first-order chi connectivity index (χ1) is 12.1. The van der Waals surface area contributed by atoms with Gasteiger partial charge in [0.2, 0.25) is 5.95 Å². The Morgan fingerprint density at radius 2 is 2.16 bits per heavy atom. The summed E-state index contributed by atoms with van der Waals surface area (Å²) in [6.07, 6.45) is 3.10. The number of aromatic amines is 1. The maximum atomic E-state index is 4.09. The average Bonchev–Trinajstić information content (AvgIpc) is 3.22. The Balaban J connectivity index is 1.43. The van der Waals surface area contributed by atoms with Crippen LogP contribution in [0.2, 0.25) is 0 Å². The molecule has 3 heterocycles. The normalized spacial score (nSPS) is 18.3. The first-order valence-corrected chi connectivity index (χ1v) is 8.69. The van der Waals surface area contributed by atoms with E-state index in [-0.39, 0.29) is 12.1 Å². The number of allylic oxidation sites excluding steroid dienone is 1. The van der Waals surface area contributed by atoms with Gasteiger partial charge in [0, 0.05) is 28.8 Å². The second-order valence-electron chi connectivity index (χ2n) is 6.61. The van der Waals surface area contributed by atoms with E-state index < -0.39 is 0 Å². The van der Waals surface area contributed by atoms with Crippen molar-refractivity contribution in [3.05, 3.63) is 47.3 Å². The van der Waals surface area contributed by atoms with Crippen LogP contribution in [0.5, 0.6) is 0 Å². The summed E-state index contributed by atoms with van der Waals surface area (Å²) in [4.78, 5) is 3.34. The highest BCUT2D eigenvalue weighted by Crippen LogP contribution is 2.30. The molecule has 0 bridgehead atoms. The van der Waals surface area contributed by atoms with Crippen LogP contribution in [0.1, 0.15) is 32.4 Å². The number of tetrazole rings is 1. The van der Waals surface area contributed by atoms with Gasteiger partial charge in [0.1, 0.15) is 0 Å². The van der Waals surface area contributed by atoms with Crippen molar-refractivity contribution in [2.75, 3.05) is 11.9 Å². The van der Waals surface area contributed by atoms with Crippen molar-refractivity contribution in [2.45, 2.75) is 39.3 Å². The number of anilines is 1. The Labute approximate surface area is 146 Å². The first-order valence-electron chi connectivity index (χ1n) is 8.69. The van der Waals surface area contributed by atoms with Crippen molar-refractivity contribution in [1.29, 1.82) is 0 Å². The maximum absolute atomic E-state index is 4.09. The highest BCUT2D eigenvalue weighted by Gasteiger charge is 2.27. The third kappa shape index (κ3) is 2.80. The van der Waals surface area contributed by atoms with E-state index in [1.54, 1.807) is 0 Å². The fourth-order valence-corrected chi connectivity index (χ4v) is 3.78. The van der Waals surface area contributed by atoms with Gasteiger partial charge in [-0.2, -0.15) is 0 Å². The van der Waals surface area contributed by atoms with Crippen LogP contribution in [-0.4, -0.2) is 37.8 Å². The predicted octanol–water partition coefficient (Wildman–Crippen LogP) is 2.64. The zero-order chi connectivity index (χ0) is 17.4. The lowest BCUT2D eigenvalue weighted by Crippen LogP contribution is -2.36. The van der Waals surface area contributed by atoms with E-state index in [1.807, 2.05) is 4.68 Å². The molecule has 1 aliphatic rings. The van der Waals surface area contributed by atoms with Crippen LogP contribution in [0.15, 0.2) is 41.7 Å². The van der Waals surface area contributed by atoms with Gasteiger partial charge in [-0.25, -0.2) is 4.68 Å². The summed E-state index contributed by atoms with van der Waals surface area (Å²) in [6.45, 7) is 7.33. The second-order valence-corrected chi connectivity index (χ2v) is 6.61. The predicted molar refractivity (Wildman–Crippen MR) is 98.3 cm³/mol. The van der Waals surface area contributed by atoms with Crippen molar-refractivity contribution in [2.24, 2.45) is 0 Å². The minimum Gasteiger partial charge on any atom is -0.361 e. The van der Waals surface area contributed by atoms with Gasteiger partial charge in [-0.3, -0.25) is 0 Å². The molecule has 0 saturated heterocycles. The Bertz CT molecular complexity index is 920. The molecule has 4 rings (SSSR count). The minimum atomic E-state index is 0.141. The second kappa shape index (κ2) is 6.33. The molecule has 0 amide bonds. The molecule has 7 nitrogen and oxygen atoms in total. The summed E-state index contributed by atoms with van der Waals surface area (Å²) >= 11 is 0. The van der Waals surface area contributed by atoms with Crippen molar-refractivity contribution in [1.82, 2.24) is 30.5 Å². The first kappa shape index (κ1) is 15.8. The van der Waals surface area contributed by atoms with Crippen molar-refractivity contribution >= 4 is 16.9 Å². The molecule has 0 unspecified atom stereocenters. The molecule has 25 heavy (non-hydrogen) atoms. The Morgan fingerprint density at radius 3 is 3.04 bits per heavy atom. The van der Waals surface area contributed by atoms with Crippen molar-refractivity contribution < 1.29 is 0 Å². The van der Waals surface area contributed by atoms with Crippen molar-refractivity contribution in [3.63, 3.8) is 0 Å². The molecule has 2 aromatic heterocycles. The number of hydrogen-bond donors (Lipinski definition) is 3. The summed E-state index contributed by atoms with van der Waals surface area (Å²) in [5, 5.41) is 20.1. The van der Waals surface area contributed by atoms with Gasteiger partial charge in [0.25, 0.3) is 0 Å². The van der Waals surface area contributed by atoms with Crippen LogP contribution < -0.4 is 10.6 Å². The lowest BCUT2D eigenvalue weighted by atomic mass is 9.97. The molecule has 3 aromatic rings. The van der Waals surface area contributed by atoms with E-state index in [1.165, 1.54) is 22.0 Å². The molecule has 1 aliphatic heterocycles. The van der Waals surface area contributed by atoms with E-state index >= 15 is 0 Å². The SMILES string of the molecule is CC1=C([C@@H](C)NCCc2c[nH]c3ccccc23)[C@@H](C)n2nnnc2N1. The molecule has 1 aromatic carbocycles. The number of nitrogens with zero attached hydrogens (tertiary/aromatic N) is 4. The van der Waals surface area contributed by atoms with Gasteiger partial charge in [-0.05, 0) is 61.4 Å². The number of benzene rings is 1. The van der Waals surface area contributed by atoms with Crippen molar-refractivity contribution in [3.8, 4) is 0 Å². The van der Waals surface area contributed by atoms with Crippen LogP contribution in [-0.2, 0) is 6.42 Å². The fourth-order valence-electron chi connectivity index (χ4n) is 3.78. The molecule has 0 fully saturated rings. The van der Waals surface area contributed by atoms with Crippen LogP contribution in [0, 0.1) is 0 Å². The summed E-state index contributed by atoms with van der Waals surface area (Å²) < 4.78 is 1.83. The molecule has 0 aliphatic carbocycles. The number of aromatic nitrogens is 5. The summed E-state index contributed by atoms with van der Waals surface area (Å²) in [5.74, 6) is 0.708. The maximum Gasteiger partial charge on any atom is 0.247 e.